The van der Waals surface area contributed by atoms with Crippen LogP contribution in [0.4, 0.5) is 0 Å². The molecule has 0 fully saturated rings. The van der Waals surface area contributed by atoms with Crippen molar-refractivity contribution in [3.63, 3.8) is 0 Å². The quantitative estimate of drug-likeness (QED) is 0.604. The highest BCUT2D eigenvalue weighted by molar-refractivity contribution is 5.92. The smallest absolute Gasteiger partial charge is 0.220 e. The summed E-state index contributed by atoms with van der Waals surface area (Å²) in [5, 5.41) is 0. The largest absolute Gasteiger partial charge is 1.00 e. The highest BCUT2D eigenvalue weighted by Gasteiger charge is 2.04. The van der Waals surface area contributed by atoms with Crippen LogP contribution in [0.5, 0.6) is 0 Å². The number of carbonyl (C=O) groups excluding carboxylic acids is 1. The van der Waals surface area contributed by atoms with Crippen molar-refractivity contribution in [2.24, 2.45) is 0 Å². The highest BCUT2D eigenvalue weighted by atomic mass is 35.5. The first kappa shape index (κ1) is 21.7. The Balaban J connectivity index is -0.0000000144. The van der Waals surface area contributed by atoms with Crippen LogP contribution in [0.3, 0.4) is 0 Å². The number of rotatable bonds is 2. The summed E-state index contributed by atoms with van der Waals surface area (Å²) < 4.78 is 0. The standard InChI is InChI=1S/C20H9NO.ClH.17H2/c1-3-4-5-6-7-8-9-10-11-12-13-14-15-16-17-18-20(22)19(2)21;;;;;;;;;;;;;;;;;;/h18-19H,1,21H2,2H3;18*1H/t19-;;;;;;;;;;;;;;;;;;/m0................../s1. The van der Waals surface area contributed by atoms with Gasteiger partial charge in [0.1, 0.15) is 6.04 Å². The van der Waals surface area contributed by atoms with Crippen molar-refractivity contribution in [2.45, 2.75) is 13.0 Å². The molecule has 142 valence electrons. The molecule has 0 rings (SSSR count). The zero-order chi connectivity index (χ0) is 16.5. The average molecular weight is 350 g/mol. The number of hydrogen-bond donors (Lipinski definition) is 1. The van der Waals surface area contributed by atoms with E-state index in [0.29, 0.717) is 0 Å². The van der Waals surface area contributed by atoms with Gasteiger partial charge in [-0.25, -0.2) is 0 Å². The lowest BCUT2D eigenvalue weighted by Gasteiger charge is -1.89. The van der Waals surface area contributed by atoms with E-state index in [4.69, 9.17) is 0 Å². The molecule has 0 saturated carbocycles. The third-order valence-electron chi connectivity index (χ3n) is 1.61. The molecule has 0 radical (unpaired) electrons. The van der Waals surface area contributed by atoms with Crippen LogP contribution in [-0.2, 0) is 4.79 Å². The van der Waals surface area contributed by atoms with E-state index < -0.39 is 0 Å². The van der Waals surface area contributed by atoms with E-state index in [1.807, 2.05) is 0 Å². The van der Waals surface area contributed by atoms with Crippen molar-refractivity contribution >= 4 is 5.78 Å². The van der Waals surface area contributed by atoms with Crippen LogP contribution in [0.25, 0.3) is 0 Å². The van der Waals surface area contributed by atoms with Crippen LogP contribution < -0.4 is 18.1 Å². The summed E-state index contributed by atoms with van der Waals surface area (Å²) in [5.41, 5.74) is 40.6. The Morgan fingerprint density at radius 2 is 1.22 bits per heavy atom. The third-order valence-corrected chi connectivity index (χ3v) is 1.61. The SMILES string of the molecule is C=C=C=C=C=C=C=C=C=C=C=C=C=C=C=C=CC(=O)[C@H](C)[NH3+].[Cl-].[HH].[HH].[HH].[HH].[HH].[HH].[HH].[HH].[HH].[HH].[HH].[HH].[HH].[HH].[HH].[HH].[HH]. The molecule has 0 aliphatic rings. The molecule has 0 bridgehead atoms. The van der Waals surface area contributed by atoms with Crippen molar-refractivity contribution < 1.29 is 47.2 Å². The first-order valence-electron chi connectivity index (χ1n) is 5.91. The Bertz CT molecular complexity index is 1050. The lowest BCUT2D eigenvalue weighted by atomic mass is 10.2. The number of carbonyl (C=O) groups is 1. The van der Waals surface area contributed by atoms with Gasteiger partial charge < -0.3 is 18.1 Å². The molecule has 0 amide bonds. The molecule has 0 aromatic rings. The molecule has 3 N–H and O–H groups in total. The Morgan fingerprint density at radius 1 is 0.870 bits per heavy atom. The van der Waals surface area contributed by atoms with E-state index in [9.17, 15) is 4.79 Å². The first-order valence-corrected chi connectivity index (χ1v) is 5.91. The maximum absolute atomic E-state index is 11.1. The summed E-state index contributed by atoms with van der Waals surface area (Å²) in [4.78, 5) is 11.1. The normalized spacial score (nSPS) is 6.52. The van der Waals surface area contributed by atoms with Gasteiger partial charge in [-0.2, -0.15) is 0 Å². The van der Waals surface area contributed by atoms with E-state index in [-0.39, 0.29) is 48.5 Å². The molecule has 23 heavy (non-hydrogen) atoms. The summed E-state index contributed by atoms with van der Waals surface area (Å²) in [7, 11) is 0. The number of quaternary nitrogens is 1. The van der Waals surface area contributed by atoms with E-state index in [2.05, 4.69) is 98.3 Å². The summed E-state index contributed by atoms with van der Waals surface area (Å²) in [6.07, 6.45) is 1.24. The predicted molar refractivity (Wildman–Crippen MR) is 116 cm³/mol. The molecule has 0 aliphatic carbocycles. The summed E-state index contributed by atoms with van der Waals surface area (Å²) >= 11 is 0. The van der Waals surface area contributed by atoms with Crippen molar-refractivity contribution in [2.75, 3.05) is 0 Å². The van der Waals surface area contributed by atoms with Crippen LogP contribution in [0.1, 0.15) is 31.2 Å². The second-order valence-corrected chi connectivity index (χ2v) is 3.39. The third kappa shape index (κ3) is 16.3. The van der Waals surface area contributed by atoms with Gasteiger partial charge in [0.05, 0.1) is 0 Å². The van der Waals surface area contributed by atoms with Gasteiger partial charge in [-0.1, -0.05) is 11.5 Å². The van der Waals surface area contributed by atoms with Crippen molar-refractivity contribution in [3.8, 4) is 0 Å². The van der Waals surface area contributed by atoms with Gasteiger partial charge in [0.2, 0.25) is 5.78 Å². The Labute approximate surface area is 166 Å². The maximum Gasteiger partial charge on any atom is 0.220 e. The number of halogens is 1. The maximum atomic E-state index is 11.1. The molecular formula is C20H44ClNO. The second kappa shape index (κ2) is 16.4. The van der Waals surface area contributed by atoms with Gasteiger partial charge in [0, 0.05) is 30.3 Å². The van der Waals surface area contributed by atoms with Gasteiger partial charge in [0.15, 0.2) is 0 Å². The summed E-state index contributed by atoms with van der Waals surface area (Å²) in [6, 6.07) is -0.310. The molecule has 2 nitrogen and oxygen atoms in total. The van der Waals surface area contributed by atoms with E-state index in [0.717, 1.165) is 0 Å². The predicted octanol–water partition coefficient (Wildman–Crippen LogP) is 2.88. The topological polar surface area (TPSA) is 44.7 Å². The van der Waals surface area contributed by atoms with Gasteiger partial charge >= 0.3 is 0 Å². The fourth-order valence-electron chi connectivity index (χ4n) is 0.674. The number of hydrogen-bond acceptors (Lipinski definition) is 1. The van der Waals surface area contributed by atoms with Crippen molar-refractivity contribution in [3.05, 3.63) is 98.6 Å². The minimum Gasteiger partial charge on any atom is -1.00 e. The van der Waals surface area contributed by atoms with Crippen molar-refractivity contribution in [1.29, 1.82) is 0 Å². The molecule has 0 aromatic heterocycles. The minimum absolute atomic E-state index is 0. The average Bonchev–Trinajstić information content (AvgIpc) is 2.50. The summed E-state index contributed by atoms with van der Waals surface area (Å²) in [6.45, 7) is 4.99. The zero-order valence-electron chi connectivity index (χ0n) is 12.4. The van der Waals surface area contributed by atoms with E-state index >= 15 is 0 Å². The molecule has 3 heteroatoms. The zero-order valence-corrected chi connectivity index (χ0v) is 13.1. The molecule has 0 spiro atoms. The van der Waals surface area contributed by atoms with Gasteiger partial charge in [0.25, 0.3) is 0 Å². The molecule has 0 aliphatic heterocycles. The number of ketones is 1. The van der Waals surface area contributed by atoms with Gasteiger partial charge in [-0.15, -0.1) is 0 Å². The molecule has 0 unspecified atom stereocenters. The Kier molecular flexibility index (Phi) is 15.5. The lowest BCUT2D eigenvalue weighted by molar-refractivity contribution is -0.396. The van der Waals surface area contributed by atoms with Crippen molar-refractivity contribution in [1.82, 2.24) is 0 Å². The first-order chi connectivity index (χ1) is 10.7. The molecule has 0 heterocycles. The lowest BCUT2D eigenvalue weighted by Crippen LogP contribution is -3.00. The van der Waals surface area contributed by atoms with Gasteiger partial charge in [-0.3, -0.25) is 4.79 Å². The fraction of sp³-hybridized carbons (Fsp3) is 0.100. The van der Waals surface area contributed by atoms with Gasteiger partial charge in [-0.05, 0) is 88.0 Å². The van der Waals surface area contributed by atoms with Crippen LogP contribution in [-0.4, -0.2) is 11.8 Å². The molecule has 1 atom stereocenters. The van der Waals surface area contributed by atoms with Crippen LogP contribution in [0.15, 0.2) is 98.6 Å². The Morgan fingerprint density at radius 3 is 1.57 bits per heavy atom. The van der Waals surface area contributed by atoms with Crippen LogP contribution >= 0.6 is 0 Å². The second-order valence-electron chi connectivity index (χ2n) is 3.39. The van der Waals surface area contributed by atoms with E-state index in [1.54, 1.807) is 6.92 Å². The fourth-order valence-corrected chi connectivity index (χ4v) is 0.674. The highest BCUT2D eigenvalue weighted by Crippen LogP contribution is 1.76. The molecule has 0 saturated heterocycles. The Hall–Kier alpha value is -3.64. The minimum atomic E-state index is -0.310. The van der Waals surface area contributed by atoms with Crippen LogP contribution in [0, 0.1) is 0 Å². The summed E-state index contributed by atoms with van der Waals surface area (Å²) in [5.74, 6) is -0.137. The molecule has 0 aromatic carbocycles. The van der Waals surface area contributed by atoms with E-state index in [1.165, 1.54) is 6.08 Å². The monoisotopic (exact) mass is 349 g/mol. The van der Waals surface area contributed by atoms with Crippen LogP contribution in [0.2, 0.25) is 0 Å². The molecular weight excluding hydrogens is 306 g/mol.